The van der Waals surface area contributed by atoms with Crippen LogP contribution >= 0.6 is 0 Å². The van der Waals surface area contributed by atoms with Gasteiger partial charge in [-0.05, 0) is 19.3 Å². The van der Waals surface area contributed by atoms with Gasteiger partial charge >= 0.3 is 0 Å². The van der Waals surface area contributed by atoms with Gasteiger partial charge in [-0.15, -0.1) is 0 Å². The summed E-state index contributed by atoms with van der Waals surface area (Å²) in [5, 5.41) is 26.9. The zero-order valence-electron chi connectivity index (χ0n) is 7.03. The van der Waals surface area contributed by atoms with Crippen LogP contribution in [0.3, 0.4) is 0 Å². The molecule has 0 aromatic carbocycles. The minimum absolute atomic E-state index is 0.0793. The fraction of sp³-hybridized carbons (Fsp3) is 1.00. The molecule has 0 saturated carbocycles. The molecular formula is C8H18O3. The Morgan fingerprint density at radius 2 is 1.64 bits per heavy atom. The van der Waals surface area contributed by atoms with Crippen LogP contribution in [0, 0.1) is 0 Å². The van der Waals surface area contributed by atoms with Crippen LogP contribution in [0.1, 0.15) is 32.6 Å². The highest BCUT2D eigenvalue weighted by molar-refractivity contribution is 4.65. The zero-order chi connectivity index (χ0) is 8.69. The van der Waals surface area contributed by atoms with Gasteiger partial charge in [0.1, 0.15) is 0 Å². The van der Waals surface area contributed by atoms with Crippen LogP contribution in [0.2, 0.25) is 0 Å². The van der Waals surface area contributed by atoms with Crippen LogP contribution in [0.25, 0.3) is 0 Å². The number of rotatable bonds is 6. The lowest BCUT2D eigenvalue weighted by Crippen LogP contribution is -2.25. The molecule has 0 aliphatic rings. The van der Waals surface area contributed by atoms with E-state index in [9.17, 15) is 10.2 Å². The molecule has 3 heteroatoms. The minimum Gasteiger partial charge on any atom is -0.396 e. The van der Waals surface area contributed by atoms with E-state index in [1.54, 1.807) is 0 Å². The van der Waals surface area contributed by atoms with Crippen molar-refractivity contribution in [1.82, 2.24) is 0 Å². The predicted molar refractivity (Wildman–Crippen MR) is 43.2 cm³/mol. The predicted octanol–water partition coefficient (Wildman–Crippen LogP) is 0.281. The van der Waals surface area contributed by atoms with Gasteiger partial charge in [0.2, 0.25) is 0 Å². The van der Waals surface area contributed by atoms with Crippen LogP contribution < -0.4 is 0 Å². The molecule has 0 heterocycles. The Bertz CT molecular complexity index is 85.4. The smallest absolute Gasteiger partial charge is 0.0800 e. The third kappa shape index (κ3) is 5.18. The van der Waals surface area contributed by atoms with Gasteiger partial charge in [0, 0.05) is 6.61 Å². The summed E-state index contributed by atoms with van der Waals surface area (Å²) in [4.78, 5) is 0. The molecule has 0 bridgehead atoms. The van der Waals surface area contributed by atoms with E-state index in [1.807, 2.05) is 6.92 Å². The quantitative estimate of drug-likeness (QED) is 0.525. The maximum absolute atomic E-state index is 9.22. The van der Waals surface area contributed by atoms with Gasteiger partial charge in [0.25, 0.3) is 0 Å². The largest absolute Gasteiger partial charge is 0.396 e. The summed E-state index contributed by atoms with van der Waals surface area (Å²) >= 11 is 0. The third-order valence-electron chi connectivity index (χ3n) is 1.69. The van der Waals surface area contributed by atoms with Crippen molar-refractivity contribution < 1.29 is 15.3 Å². The average molecular weight is 162 g/mol. The van der Waals surface area contributed by atoms with E-state index in [4.69, 9.17) is 5.11 Å². The summed E-state index contributed by atoms with van der Waals surface area (Å²) in [6, 6.07) is 0. The topological polar surface area (TPSA) is 60.7 Å². The van der Waals surface area contributed by atoms with Crippen LogP contribution in [0.5, 0.6) is 0 Å². The third-order valence-corrected chi connectivity index (χ3v) is 1.69. The van der Waals surface area contributed by atoms with E-state index in [-0.39, 0.29) is 6.61 Å². The summed E-state index contributed by atoms with van der Waals surface area (Å²) in [5.74, 6) is 0. The Hall–Kier alpha value is -0.120. The lowest BCUT2D eigenvalue weighted by Gasteiger charge is -2.15. The van der Waals surface area contributed by atoms with E-state index in [2.05, 4.69) is 0 Å². The van der Waals surface area contributed by atoms with Crippen molar-refractivity contribution in [2.24, 2.45) is 0 Å². The molecule has 3 nitrogen and oxygen atoms in total. The van der Waals surface area contributed by atoms with Crippen LogP contribution in [-0.2, 0) is 0 Å². The maximum Gasteiger partial charge on any atom is 0.0800 e. The molecule has 0 aliphatic carbocycles. The highest BCUT2D eigenvalue weighted by Crippen LogP contribution is 2.07. The van der Waals surface area contributed by atoms with Gasteiger partial charge in [0.05, 0.1) is 12.2 Å². The molecular weight excluding hydrogens is 144 g/mol. The Morgan fingerprint density at radius 1 is 1.09 bits per heavy atom. The standard InChI is InChI=1S/C8H18O3/c1-2-4-7(10)8(11)5-3-6-9/h7-11H,2-6H2,1H3. The Balaban J connectivity index is 3.38. The number of aliphatic hydroxyl groups excluding tert-OH is 3. The van der Waals surface area contributed by atoms with Gasteiger partial charge in [-0.1, -0.05) is 13.3 Å². The molecule has 0 spiro atoms. The highest BCUT2D eigenvalue weighted by Gasteiger charge is 2.13. The van der Waals surface area contributed by atoms with Crippen LogP contribution in [0.15, 0.2) is 0 Å². The lowest BCUT2D eigenvalue weighted by atomic mass is 10.1. The first-order valence-corrected chi connectivity index (χ1v) is 4.19. The van der Waals surface area contributed by atoms with Crippen molar-refractivity contribution in [3.05, 3.63) is 0 Å². The zero-order valence-corrected chi connectivity index (χ0v) is 7.03. The lowest BCUT2D eigenvalue weighted by molar-refractivity contribution is 0.00625. The normalized spacial score (nSPS) is 16.4. The summed E-state index contributed by atoms with van der Waals surface area (Å²) in [7, 11) is 0. The fourth-order valence-electron chi connectivity index (χ4n) is 0.981. The van der Waals surface area contributed by atoms with Crippen molar-refractivity contribution in [3.8, 4) is 0 Å². The molecule has 0 radical (unpaired) electrons. The van der Waals surface area contributed by atoms with Crippen LogP contribution in [0.4, 0.5) is 0 Å². The molecule has 0 fully saturated rings. The second kappa shape index (κ2) is 6.58. The first kappa shape index (κ1) is 10.9. The van der Waals surface area contributed by atoms with E-state index in [0.29, 0.717) is 19.3 Å². The molecule has 0 rings (SSSR count). The van der Waals surface area contributed by atoms with Crippen molar-refractivity contribution in [2.45, 2.75) is 44.8 Å². The van der Waals surface area contributed by atoms with Gasteiger partial charge in [-0.2, -0.15) is 0 Å². The van der Waals surface area contributed by atoms with E-state index >= 15 is 0 Å². The number of hydrogen-bond acceptors (Lipinski definition) is 3. The molecule has 0 amide bonds. The molecule has 0 aromatic heterocycles. The summed E-state index contributed by atoms with van der Waals surface area (Å²) < 4.78 is 0. The Morgan fingerprint density at radius 3 is 2.09 bits per heavy atom. The molecule has 0 aromatic rings. The molecule has 0 aliphatic heterocycles. The molecule has 3 N–H and O–H groups in total. The SMILES string of the molecule is CCCC(O)C(O)CCCO. The van der Waals surface area contributed by atoms with Gasteiger partial charge in [-0.25, -0.2) is 0 Å². The summed E-state index contributed by atoms with van der Waals surface area (Å²) in [6.45, 7) is 2.04. The van der Waals surface area contributed by atoms with E-state index in [1.165, 1.54) is 0 Å². The van der Waals surface area contributed by atoms with Crippen LogP contribution in [-0.4, -0.2) is 34.1 Å². The monoisotopic (exact) mass is 162 g/mol. The Kier molecular flexibility index (Phi) is 6.51. The first-order chi connectivity index (χ1) is 5.22. The maximum atomic E-state index is 9.22. The average Bonchev–Trinajstić information content (AvgIpc) is 2.00. The summed E-state index contributed by atoms with van der Waals surface area (Å²) in [5.41, 5.74) is 0. The second-order valence-corrected chi connectivity index (χ2v) is 2.79. The van der Waals surface area contributed by atoms with Crippen molar-refractivity contribution >= 4 is 0 Å². The van der Waals surface area contributed by atoms with Gasteiger partial charge in [-0.3, -0.25) is 0 Å². The molecule has 68 valence electrons. The van der Waals surface area contributed by atoms with Gasteiger partial charge in [0.15, 0.2) is 0 Å². The van der Waals surface area contributed by atoms with Crippen molar-refractivity contribution in [1.29, 1.82) is 0 Å². The van der Waals surface area contributed by atoms with Crippen molar-refractivity contribution in [2.75, 3.05) is 6.61 Å². The highest BCUT2D eigenvalue weighted by atomic mass is 16.3. The Labute approximate surface area is 67.7 Å². The number of aliphatic hydroxyl groups is 3. The molecule has 2 atom stereocenters. The molecule has 0 saturated heterocycles. The summed E-state index contributed by atoms with van der Waals surface area (Å²) in [6.07, 6.45) is 1.26. The second-order valence-electron chi connectivity index (χ2n) is 2.79. The molecule has 2 unspecified atom stereocenters. The van der Waals surface area contributed by atoms with E-state index in [0.717, 1.165) is 6.42 Å². The molecule has 11 heavy (non-hydrogen) atoms. The number of hydrogen-bond donors (Lipinski definition) is 3. The first-order valence-electron chi connectivity index (χ1n) is 4.19. The van der Waals surface area contributed by atoms with Crippen molar-refractivity contribution in [3.63, 3.8) is 0 Å². The minimum atomic E-state index is -0.665. The van der Waals surface area contributed by atoms with E-state index < -0.39 is 12.2 Å². The van der Waals surface area contributed by atoms with Gasteiger partial charge < -0.3 is 15.3 Å². The fourth-order valence-corrected chi connectivity index (χ4v) is 0.981.